The molecule has 2 heterocycles. The molecular weight excluding hydrogens is 322 g/mol. The maximum Gasteiger partial charge on any atom is 0.309 e. The molecule has 7 heteroatoms. The zero-order valence-corrected chi connectivity index (χ0v) is 13.2. The highest BCUT2D eigenvalue weighted by Crippen LogP contribution is 2.21. The molecule has 3 rings (SSSR count). The Morgan fingerprint density at radius 2 is 2.05 bits per heavy atom. The summed E-state index contributed by atoms with van der Waals surface area (Å²) in [7, 11) is 0. The highest BCUT2D eigenvalue weighted by Gasteiger charge is 2.18. The summed E-state index contributed by atoms with van der Waals surface area (Å²) in [5, 5.41) is 13.1. The first-order valence-electron chi connectivity index (χ1n) is 6.57. The Balaban J connectivity index is 1.73. The zero-order chi connectivity index (χ0) is 15.5. The molecule has 0 aliphatic carbocycles. The second-order valence-corrected chi connectivity index (χ2v) is 6.05. The van der Waals surface area contributed by atoms with Crippen molar-refractivity contribution >= 4 is 28.8 Å². The molecule has 0 fully saturated rings. The minimum Gasteiger partial charge on any atom is -0.412 e. The fourth-order valence-electron chi connectivity index (χ4n) is 1.89. The number of thiophene rings is 1. The molecule has 0 unspecified atom stereocenters. The standard InChI is InChI=1S/C15H12ClN3O2S/c1-9(12-3-2-8-22-12)17-13(20)15-19-18-14(21-15)10-4-6-11(16)7-5-10/h2-9H,1H3,(H,17,20)/t9-/m1/s1. The Labute approximate surface area is 135 Å². The van der Waals surface area contributed by atoms with Crippen molar-refractivity contribution in [1.29, 1.82) is 0 Å². The van der Waals surface area contributed by atoms with E-state index < -0.39 is 5.91 Å². The van der Waals surface area contributed by atoms with Crippen LogP contribution in [0.15, 0.2) is 46.2 Å². The Morgan fingerprint density at radius 1 is 1.27 bits per heavy atom. The predicted octanol–water partition coefficient (Wildman–Crippen LogP) is 3.94. The second kappa shape index (κ2) is 6.29. The first kappa shape index (κ1) is 14.7. The van der Waals surface area contributed by atoms with Crippen LogP contribution in [0.2, 0.25) is 5.02 Å². The quantitative estimate of drug-likeness (QED) is 0.785. The minimum atomic E-state index is -0.395. The Morgan fingerprint density at radius 3 is 2.73 bits per heavy atom. The van der Waals surface area contributed by atoms with Crippen LogP contribution in [0.3, 0.4) is 0 Å². The van der Waals surface area contributed by atoms with Crippen LogP contribution in [0.5, 0.6) is 0 Å². The van der Waals surface area contributed by atoms with Crippen molar-refractivity contribution < 1.29 is 9.21 Å². The van der Waals surface area contributed by atoms with Gasteiger partial charge < -0.3 is 9.73 Å². The SMILES string of the molecule is C[C@@H](NC(=O)c1nnc(-c2ccc(Cl)cc2)o1)c1cccs1. The number of nitrogens with one attached hydrogen (secondary N) is 1. The number of rotatable bonds is 4. The number of hydrogen-bond acceptors (Lipinski definition) is 5. The number of aromatic nitrogens is 2. The van der Waals surface area contributed by atoms with Gasteiger partial charge in [-0.25, -0.2) is 0 Å². The monoisotopic (exact) mass is 333 g/mol. The fourth-order valence-corrected chi connectivity index (χ4v) is 2.75. The molecule has 1 amide bonds. The summed E-state index contributed by atoms with van der Waals surface area (Å²) in [6.07, 6.45) is 0. The highest BCUT2D eigenvalue weighted by molar-refractivity contribution is 7.10. The Hall–Kier alpha value is -2.18. The molecule has 5 nitrogen and oxygen atoms in total. The normalized spacial score (nSPS) is 12.1. The van der Waals surface area contributed by atoms with E-state index in [1.807, 2.05) is 24.4 Å². The van der Waals surface area contributed by atoms with E-state index in [2.05, 4.69) is 15.5 Å². The Kier molecular flexibility index (Phi) is 4.22. The summed E-state index contributed by atoms with van der Waals surface area (Å²) in [4.78, 5) is 13.2. The largest absolute Gasteiger partial charge is 0.412 e. The summed E-state index contributed by atoms with van der Waals surface area (Å²) in [6.45, 7) is 1.90. The lowest BCUT2D eigenvalue weighted by molar-refractivity contribution is 0.0906. The van der Waals surface area contributed by atoms with Crippen LogP contribution in [0, 0.1) is 0 Å². The topological polar surface area (TPSA) is 68.0 Å². The van der Waals surface area contributed by atoms with E-state index in [4.69, 9.17) is 16.0 Å². The van der Waals surface area contributed by atoms with Crippen LogP contribution in [0.1, 0.15) is 28.5 Å². The molecule has 3 aromatic rings. The van der Waals surface area contributed by atoms with Gasteiger partial charge in [-0.05, 0) is 42.6 Å². The van der Waals surface area contributed by atoms with Gasteiger partial charge in [0.1, 0.15) is 0 Å². The number of benzene rings is 1. The summed E-state index contributed by atoms with van der Waals surface area (Å²) in [5.74, 6) is -0.174. The summed E-state index contributed by atoms with van der Waals surface area (Å²) in [6, 6.07) is 10.7. The summed E-state index contributed by atoms with van der Waals surface area (Å²) in [5.41, 5.74) is 0.710. The molecule has 2 aromatic heterocycles. The van der Waals surface area contributed by atoms with Gasteiger partial charge in [-0.1, -0.05) is 17.7 Å². The van der Waals surface area contributed by atoms with E-state index in [-0.39, 0.29) is 17.8 Å². The molecule has 0 aliphatic heterocycles. The van der Waals surface area contributed by atoms with Gasteiger partial charge >= 0.3 is 11.8 Å². The summed E-state index contributed by atoms with van der Waals surface area (Å²) < 4.78 is 5.42. The van der Waals surface area contributed by atoms with Crippen LogP contribution in [0.25, 0.3) is 11.5 Å². The molecule has 22 heavy (non-hydrogen) atoms. The Bertz CT molecular complexity index is 768. The van der Waals surface area contributed by atoms with E-state index >= 15 is 0 Å². The van der Waals surface area contributed by atoms with Crippen LogP contribution in [-0.4, -0.2) is 16.1 Å². The van der Waals surface area contributed by atoms with Gasteiger partial charge in [0.05, 0.1) is 6.04 Å². The van der Waals surface area contributed by atoms with E-state index in [9.17, 15) is 4.79 Å². The first-order chi connectivity index (χ1) is 10.6. The van der Waals surface area contributed by atoms with Gasteiger partial charge in [-0.15, -0.1) is 21.5 Å². The van der Waals surface area contributed by atoms with Gasteiger partial charge in [-0.2, -0.15) is 0 Å². The van der Waals surface area contributed by atoms with Crippen LogP contribution >= 0.6 is 22.9 Å². The minimum absolute atomic E-state index is 0.0617. The summed E-state index contributed by atoms with van der Waals surface area (Å²) >= 11 is 7.41. The third-order valence-corrected chi connectivity index (χ3v) is 4.33. The van der Waals surface area contributed by atoms with Gasteiger partial charge in [0.15, 0.2) is 0 Å². The van der Waals surface area contributed by atoms with Gasteiger partial charge in [-0.3, -0.25) is 4.79 Å². The lowest BCUT2D eigenvalue weighted by Gasteiger charge is -2.09. The molecule has 0 saturated carbocycles. The number of amides is 1. The maximum absolute atomic E-state index is 12.1. The van der Waals surface area contributed by atoms with Crippen molar-refractivity contribution in [3.05, 3.63) is 57.6 Å². The zero-order valence-electron chi connectivity index (χ0n) is 11.6. The average Bonchev–Trinajstić information content (AvgIpc) is 3.20. The molecule has 0 aliphatic rings. The average molecular weight is 334 g/mol. The van der Waals surface area contributed by atoms with Crippen molar-refractivity contribution in [3.63, 3.8) is 0 Å². The van der Waals surface area contributed by atoms with Gasteiger partial charge in [0, 0.05) is 15.5 Å². The van der Waals surface area contributed by atoms with Crippen molar-refractivity contribution in [2.24, 2.45) is 0 Å². The molecule has 1 N–H and O–H groups in total. The molecule has 112 valence electrons. The smallest absolute Gasteiger partial charge is 0.309 e. The molecule has 0 spiro atoms. The van der Waals surface area contributed by atoms with Crippen molar-refractivity contribution in [1.82, 2.24) is 15.5 Å². The molecular formula is C15H12ClN3O2S. The number of carbonyl (C=O) groups is 1. The van der Waals surface area contributed by atoms with E-state index in [0.29, 0.717) is 10.6 Å². The fraction of sp³-hybridized carbons (Fsp3) is 0.133. The number of halogens is 1. The van der Waals surface area contributed by atoms with Crippen molar-refractivity contribution in [3.8, 4) is 11.5 Å². The van der Waals surface area contributed by atoms with Gasteiger partial charge in [0.25, 0.3) is 0 Å². The first-order valence-corrected chi connectivity index (χ1v) is 7.83. The number of hydrogen-bond donors (Lipinski definition) is 1. The molecule has 0 bridgehead atoms. The molecule has 0 saturated heterocycles. The van der Waals surface area contributed by atoms with E-state index in [1.165, 1.54) is 0 Å². The maximum atomic E-state index is 12.1. The molecule has 1 atom stereocenters. The highest BCUT2D eigenvalue weighted by atomic mass is 35.5. The van der Waals surface area contributed by atoms with Crippen LogP contribution < -0.4 is 5.32 Å². The number of carbonyl (C=O) groups excluding carboxylic acids is 1. The second-order valence-electron chi connectivity index (χ2n) is 4.63. The van der Waals surface area contributed by atoms with E-state index in [1.54, 1.807) is 35.6 Å². The molecule has 0 radical (unpaired) electrons. The third kappa shape index (κ3) is 3.18. The van der Waals surface area contributed by atoms with Crippen LogP contribution in [0.4, 0.5) is 0 Å². The van der Waals surface area contributed by atoms with Gasteiger partial charge in [0.2, 0.25) is 5.89 Å². The number of nitrogens with zero attached hydrogens (tertiary/aromatic N) is 2. The van der Waals surface area contributed by atoms with E-state index in [0.717, 1.165) is 4.88 Å². The molecule has 1 aromatic carbocycles. The third-order valence-electron chi connectivity index (χ3n) is 3.03. The van der Waals surface area contributed by atoms with Crippen molar-refractivity contribution in [2.45, 2.75) is 13.0 Å². The van der Waals surface area contributed by atoms with Crippen molar-refractivity contribution in [2.75, 3.05) is 0 Å². The predicted molar refractivity (Wildman–Crippen MR) is 84.9 cm³/mol. The van der Waals surface area contributed by atoms with Crippen LogP contribution in [-0.2, 0) is 0 Å². The lowest BCUT2D eigenvalue weighted by atomic mass is 10.2. The lowest BCUT2D eigenvalue weighted by Crippen LogP contribution is -2.26.